The highest BCUT2D eigenvalue weighted by Gasteiger charge is 2.03. The Morgan fingerprint density at radius 1 is 1.00 bits per heavy atom. The van der Waals surface area contributed by atoms with E-state index in [1.54, 1.807) is 0 Å². The first-order chi connectivity index (χ1) is 10.7. The lowest BCUT2D eigenvalue weighted by Gasteiger charge is -2.04. The van der Waals surface area contributed by atoms with Crippen LogP contribution in [0.2, 0.25) is 0 Å². The number of hydrogen-bond donors (Lipinski definition) is 0. The molecule has 0 spiro atoms. The van der Waals surface area contributed by atoms with Crippen molar-refractivity contribution < 1.29 is 13.9 Å². The summed E-state index contributed by atoms with van der Waals surface area (Å²) in [5.41, 5.74) is 0. The average molecular weight is 314 g/mol. The van der Waals surface area contributed by atoms with Gasteiger partial charge in [0.05, 0.1) is 7.11 Å². The number of carbonyl (C=O) groups excluding carboxylic acids is 1. The van der Waals surface area contributed by atoms with Gasteiger partial charge in [0, 0.05) is 6.42 Å². The lowest BCUT2D eigenvalue weighted by molar-refractivity contribution is -0.140. The van der Waals surface area contributed by atoms with Crippen LogP contribution in [0.4, 0.5) is 4.39 Å². The van der Waals surface area contributed by atoms with Crippen molar-refractivity contribution in [1.82, 2.24) is 0 Å². The van der Waals surface area contributed by atoms with Gasteiger partial charge in [-0.15, -0.1) is 0 Å². The highest BCUT2D eigenvalue weighted by atomic mass is 19.1. The van der Waals surface area contributed by atoms with Crippen molar-refractivity contribution >= 4 is 5.97 Å². The zero-order valence-electron chi connectivity index (χ0n) is 14.6. The minimum Gasteiger partial charge on any atom is -0.469 e. The van der Waals surface area contributed by atoms with E-state index < -0.39 is 6.17 Å². The summed E-state index contributed by atoms with van der Waals surface area (Å²) >= 11 is 0. The normalized spacial score (nSPS) is 12.7. The van der Waals surface area contributed by atoms with Crippen molar-refractivity contribution in [2.24, 2.45) is 0 Å². The quantitative estimate of drug-likeness (QED) is 0.206. The second-order valence-electron chi connectivity index (χ2n) is 6.04. The molecule has 1 atom stereocenters. The number of allylic oxidation sites excluding steroid dienone is 2. The van der Waals surface area contributed by atoms with E-state index in [1.807, 2.05) is 6.08 Å². The molecule has 0 bridgehead atoms. The zero-order valence-corrected chi connectivity index (χ0v) is 14.6. The van der Waals surface area contributed by atoms with Crippen LogP contribution in [0.1, 0.15) is 90.4 Å². The number of rotatable bonds is 15. The fourth-order valence-electron chi connectivity index (χ4n) is 2.44. The first-order valence-corrected chi connectivity index (χ1v) is 9.06. The minimum absolute atomic E-state index is 0.113. The lowest BCUT2D eigenvalue weighted by atomic mass is 10.1. The summed E-state index contributed by atoms with van der Waals surface area (Å²) in [6.07, 6.45) is 16.4. The van der Waals surface area contributed by atoms with E-state index in [2.05, 4.69) is 17.7 Å². The molecule has 130 valence electrons. The van der Waals surface area contributed by atoms with Crippen molar-refractivity contribution in [3.8, 4) is 0 Å². The zero-order chi connectivity index (χ0) is 16.5. The van der Waals surface area contributed by atoms with Crippen LogP contribution < -0.4 is 0 Å². The molecule has 0 aromatic heterocycles. The van der Waals surface area contributed by atoms with Crippen LogP contribution in [0.25, 0.3) is 0 Å². The average Bonchev–Trinajstić information content (AvgIpc) is 2.53. The van der Waals surface area contributed by atoms with Gasteiger partial charge in [-0.05, 0) is 32.1 Å². The monoisotopic (exact) mass is 314 g/mol. The Labute approximate surface area is 136 Å². The summed E-state index contributed by atoms with van der Waals surface area (Å²) in [6, 6.07) is 0. The molecular weight excluding hydrogens is 279 g/mol. The van der Waals surface area contributed by atoms with E-state index in [0.29, 0.717) is 19.3 Å². The number of ether oxygens (including phenoxy) is 1. The van der Waals surface area contributed by atoms with Crippen LogP contribution >= 0.6 is 0 Å². The minimum atomic E-state index is -0.661. The molecule has 0 rings (SSSR count). The lowest BCUT2D eigenvalue weighted by Crippen LogP contribution is -1.99. The molecule has 0 N–H and O–H groups in total. The van der Waals surface area contributed by atoms with Crippen molar-refractivity contribution in [3.05, 3.63) is 12.2 Å². The van der Waals surface area contributed by atoms with E-state index in [4.69, 9.17) is 0 Å². The van der Waals surface area contributed by atoms with Gasteiger partial charge in [0.25, 0.3) is 0 Å². The number of methoxy groups -OCH3 is 1. The molecule has 0 saturated heterocycles. The van der Waals surface area contributed by atoms with Gasteiger partial charge in [0.1, 0.15) is 6.17 Å². The van der Waals surface area contributed by atoms with Crippen LogP contribution in [0.3, 0.4) is 0 Å². The van der Waals surface area contributed by atoms with Crippen molar-refractivity contribution in [1.29, 1.82) is 0 Å². The Bertz CT molecular complexity index is 277. The molecule has 3 heteroatoms. The van der Waals surface area contributed by atoms with Crippen molar-refractivity contribution in [2.75, 3.05) is 7.11 Å². The predicted octanol–water partition coefficient (Wildman–Crippen LogP) is 6.14. The summed E-state index contributed by atoms with van der Waals surface area (Å²) in [6.45, 7) is 2.18. The van der Waals surface area contributed by atoms with Crippen LogP contribution in [-0.4, -0.2) is 19.3 Å². The van der Waals surface area contributed by atoms with E-state index in [9.17, 15) is 9.18 Å². The summed E-state index contributed by atoms with van der Waals surface area (Å²) in [5, 5.41) is 0. The van der Waals surface area contributed by atoms with Gasteiger partial charge in [-0.3, -0.25) is 4.79 Å². The Kier molecular flexibility index (Phi) is 15.9. The third kappa shape index (κ3) is 15.5. The molecule has 1 unspecified atom stereocenters. The van der Waals surface area contributed by atoms with Gasteiger partial charge in [-0.2, -0.15) is 0 Å². The van der Waals surface area contributed by atoms with E-state index in [-0.39, 0.29) is 5.97 Å². The molecule has 0 aliphatic heterocycles. The summed E-state index contributed by atoms with van der Waals surface area (Å²) in [7, 11) is 1.43. The number of alkyl halides is 1. The summed E-state index contributed by atoms with van der Waals surface area (Å²) < 4.78 is 18.1. The summed E-state index contributed by atoms with van der Waals surface area (Å²) in [4.78, 5) is 10.9. The van der Waals surface area contributed by atoms with Crippen LogP contribution in [0, 0.1) is 0 Å². The molecule has 0 aromatic carbocycles. The molecule has 22 heavy (non-hydrogen) atoms. The number of carbonyl (C=O) groups is 1. The van der Waals surface area contributed by atoms with Gasteiger partial charge in [-0.25, -0.2) is 4.39 Å². The third-order valence-corrected chi connectivity index (χ3v) is 3.91. The van der Waals surface area contributed by atoms with Gasteiger partial charge < -0.3 is 4.74 Å². The standard InChI is InChI=1S/C19H35FO2/c1-3-4-5-12-15-18(20)16-13-10-8-6-7-9-11-14-17-19(21)22-2/h10,13,18H,3-9,11-12,14-17H2,1-2H3. The smallest absolute Gasteiger partial charge is 0.305 e. The molecule has 0 amide bonds. The van der Waals surface area contributed by atoms with Crippen LogP contribution in [0.5, 0.6) is 0 Å². The number of unbranched alkanes of at least 4 members (excludes halogenated alkanes) is 8. The van der Waals surface area contributed by atoms with E-state index >= 15 is 0 Å². The molecule has 0 saturated carbocycles. The maximum absolute atomic E-state index is 13.6. The van der Waals surface area contributed by atoms with Crippen molar-refractivity contribution in [2.45, 2.75) is 96.6 Å². The maximum atomic E-state index is 13.6. The first kappa shape index (κ1) is 21.1. The Hall–Kier alpha value is -0.860. The molecule has 0 aliphatic carbocycles. The highest BCUT2D eigenvalue weighted by Crippen LogP contribution is 2.12. The third-order valence-electron chi connectivity index (χ3n) is 3.91. The van der Waals surface area contributed by atoms with Gasteiger partial charge in [0.15, 0.2) is 0 Å². The molecular formula is C19H35FO2. The van der Waals surface area contributed by atoms with E-state index in [1.165, 1.54) is 26.4 Å². The molecule has 0 radical (unpaired) electrons. The van der Waals surface area contributed by atoms with Gasteiger partial charge in [0.2, 0.25) is 0 Å². The molecule has 0 aliphatic rings. The fraction of sp³-hybridized carbons (Fsp3) is 0.842. The SMILES string of the molecule is CCCCCCC(F)CC=CCCCCCCCC(=O)OC. The fourth-order valence-corrected chi connectivity index (χ4v) is 2.44. The molecule has 0 aromatic rings. The van der Waals surface area contributed by atoms with Gasteiger partial charge in [-0.1, -0.05) is 64.0 Å². The number of halogens is 1. The van der Waals surface area contributed by atoms with Crippen LogP contribution in [-0.2, 0) is 9.53 Å². The van der Waals surface area contributed by atoms with Crippen molar-refractivity contribution in [3.63, 3.8) is 0 Å². The maximum Gasteiger partial charge on any atom is 0.305 e. The number of hydrogen-bond acceptors (Lipinski definition) is 2. The number of esters is 1. The highest BCUT2D eigenvalue weighted by molar-refractivity contribution is 5.68. The molecule has 0 fully saturated rings. The Morgan fingerprint density at radius 3 is 2.41 bits per heavy atom. The van der Waals surface area contributed by atoms with Gasteiger partial charge >= 0.3 is 5.97 Å². The Balaban J connectivity index is 3.28. The summed E-state index contributed by atoms with van der Waals surface area (Å²) in [5.74, 6) is -0.113. The second-order valence-corrected chi connectivity index (χ2v) is 6.04. The largest absolute Gasteiger partial charge is 0.469 e. The molecule has 2 nitrogen and oxygen atoms in total. The molecule has 0 heterocycles. The Morgan fingerprint density at radius 2 is 1.68 bits per heavy atom. The predicted molar refractivity (Wildman–Crippen MR) is 91.7 cm³/mol. The van der Waals surface area contributed by atoms with Crippen LogP contribution in [0.15, 0.2) is 12.2 Å². The second kappa shape index (κ2) is 16.5. The topological polar surface area (TPSA) is 26.3 Å². The first-order valence-electron chi connectivity index (χ1n) is 9.06. The van der Waals surface area contributed by atoms with E-state index in [0.717, 1.165) is 44.9 Å².